The summed E-state index contributed by atoms with van der Waals surface area (Å²) in [6, 6.07) is 5.93. The van der Waals surface area contributed by atoms with E-state index in [1.165, 1.54) is 0 Å². The molecule has 1 aromatic carbocycles. The van der Waals surface area contributed by atoms with Gasteiger partial charge in [0.15, 0.2) is 0 Å². The first-order valence-corrected chi connectivity index (χ1v) is 8.21. The van der Waals surface area contributed by atoms with Crippen LogP contribution in [0.25, 0.3) is 0 Å². The number of carbonyl (C=O) groups is 2. The number of nitrogens with one attached hydrogen (secondary N) is 2. The second-order valence-electron chi connectivity index (χ2n) is 7.07. The highest BCUT2D eigenvalue weighted by Crippen LogP contribution is 2.52. The molecule has 0 radical (unpaired) electrons. The van der Waals surface area contributed by atoms with E-state index in [2.05, 4.69) is 29.4 Å². The number of anilines is 2. The number of hydrogen-bond acceptors (Lipinski definition) is 3. The Morgan fingerprint density at radius 3 is 2.83 bits per heavy atom. The maximum absolute atomic E-state index is 13.5. The van der Waals surface area contributed by atoms with Crippen molar-refractivity contribution < 1.29 is 9.59 Å². The minimum Gasteiger partial charge on any atom is -0.311 e. The quantitative estimate of drug-likeness (QED) is 0.890. The molecule has 3 heterocycles. The minimum atomic E-state index is -0.971. The van der Waals surface area contributed by atoms with Crippen molar-refractivity contribution in [2.75, 3.05) is 16.8 Å². The van der Waals surface area contributed by atoms with Gasteiger partial charge in [0.25, 0.3) is 0 Å². The Morgan fingerprint density at radius 1 is 1.29 bits per heavy atom. The molecule has 1 aromatic heterocycles. The van der Waals surface area contributed by atoms with Crippen molar-refractivity contribution in [3.8, 4) is 0 Å². The van der Waals surface area contributed by atoms with Gasteiger partial charge in [-0.2, -0.15) is 5.10 Å². The van der Waals surface area contributed by atoms with Crippen LogP contribution in [-0.4, -0.2) is 28.6 Å². The first-order valence-electron chi connectivity index (χ1n) is 8.21. The number of H-pyrrole nitrogens is 1. The number of amides is 2. The van der Waals surface area contributed by atoms with Crippen LogP contribution in [0.2, 0.25) is 0 Å². The Kier molecular flexibility index (Phi) is 3.07. The van der Waals surface area contributed by atoms with E-state index in [-0.39, 0.29) is 18.2 Å². The molecule has 2 aliphatic heterocycles. The first-order chi connectivity index (χ1) is 11.4. The van der Waals surface area contributed by atoms with Crippen LogP contribution < -0.4 is 10.2 Å². The molecular weight excluding hydrogens is 304 g/mol. The Hall–Kier alpha value is -2.63. The standard InChI is InChI=1S/C18H20N4O2/c1-10(2)9-22-15-11(3)5-4-6-12(15)18(17(22)24)7-14(23)20-16-13(18)8-19-21-16/h4-6,8,10H,7,9H2,1-3H3,(H2,19,20,21,23)/t18-/m1/s1. The van der Waals surface area contributed by atoms with Crippen LogP contribution in [0.15, 0.2) is 24.4 Å². The fourth-order valence-electron chi connectivity index (χ4n) is 4.00. The Morgan fingerprint density at radius 2 is 2.08 bits per heavy atom. The topological polar surface area (TPSA) is 78.1 Å². The van der Waals surface area contributed by atoms with Crippen LogP contribution in [0.5, 0.6) is 0 Å². The van der Waals surface area contributed by atoms with Gasteiger partial charge in [-0.3, -0.25) is 14.7 Å². The summed E-state index contributed by atoms with van der Waals surface area (Å²) in [6.45, 7) is 6.82. The van der Waals surface area contributed by atoms with E-state index < -0.39 is 5.41 Å². The summed E-state index contributed by atoms with van der Waals surface area (Å²) < 4.78 is 0. The molecular formula is C18H20N4O2. The third kappa shape index (κ3) is 1.79. The lowest BCUT2D eigenvalue weighted by Crippen LogP contribution is -2.47. The summed E-state index contributed by atoms with van der Waals surface area (Å²) in [6.07, 6.45) is 1.78. The van der Waals surface area contributed by atoms with Crippen molar-refractivity contribution in [2.45, 2.75) is 32.6 Å². The number of aromatic amines is 1. The number of fused-ring (bicyclic) bond motifs is 4. The molecule has 0 unspecified atom stereocenters. The first kappa shape index (κ1) is 14.9. The number of carbonyl (C=O) groups excluding carboxylic acids is 2. The summed E-state index contributed by atoms with van der Waals surface area (Å²) in [5.74, 6) is 0.660. The predicted molar refractivity (Wildman–Crippen MR) is 91.0 cm³/mol. The number of nitrogens with zero attached hydrogens (tertiary/aromatic N) is 2. The Bertz CT molecular complexity index is 854. The lowest BCUT2D eigenvalue weighted by atomic mass is 9.71. The van der Waals surface area contributed by atoms with Crippen molar-refractivity contribution in [2.24, 2.45) is 5.92 Å². The third-order valence-corrected chi connectivity index (χ3v) is 4.91. The van der Waals surface area contributed by atoms with Gasteiger partial charge in [0.2, 0.25) is 11.8 Å². The van der Waals surface area contributed by atoms with Crippen LogP contribution >= 0.6 is 0 Å². The molecule has 6 heteroatoms. The molecule has 0 saturated heterocycles. The van der Waals surface area contributed by atoms with E-state index in [0.29, 0.717) is 18.3 Å². The van der Waals surface area contributed by atoms with Gasteiger partial charge in [0.1, 0.15) is 11.2 Å². The van der Waals surface area contributed by atoms with Crippen LogP contribution in [0, 0.1) is 12.8 Å². The number of aryl methyl sites for hydroxylation is 1. The maximum Gasteiger partial charge on any atom is 0.242 e. The van der Waals surface area contributed by atoms with E-state index in [4.69, 9.17) is 0 Å². The molecule has 1 spiro atoms. The number of benzene rings is 1. The van der Waals surface area contributed by atoms with Crippen molar-refractivity contribution >= 4 is 23.3 Å². The minimum absolute atomic E-state index is 0.0296. The number of hydrogen-bond donors (Lipinski definition) is 2. The maximum atomic E-state index is 13.5. The molecule has 0 fully saturated rings. The van der Waals surface area contributed by atoms with Crippen LogP contribution in [0.4, 0.5) is 11.5 Å². The lowest BCUT2D eigenvalue weighted by Gasteiger charge is -2.32. The third-order valence-electron chi connectivity index (χ3n) is 4.91. The molecule has 2 aromatic rings. The van der Waals surface area contributed by atoms with Gasteiger partial charge in [0, 0.05) is 18.5 Å². The average Bonchev–Trinajstić information content (AvgIpc) is 3.06. The van der Waals surface area contributed by atoms with Crippen molar-refractivity contribution in [3.63, 3.8) is 0 Å². The van der Waals surface area contributed by atoms with Crippen LogP contribution in [0.3, 0.4) is 0 Å². The summed E-state index contributed by atoms with van der Waals surface area (Å²) in [7, 11) is 0. The zero-order chi connectivity index (χ0) is 17.1. The molecule has 0 bridgehead atoms. The molecule has 2 aliphatic rings. The second kappa shape index (κ2) is 4.93. The monoisotopic (exact) mass is 324 g/mol. The number of aromatic nitrogens is 2. The smallest absolute Gasteiger partial charge is 0.242 e. The molecule has 24 heavy (non-hydrogen) atoms. The zero-order valence-corrected chi connectivity index (χ0v) is 14.0. The van der Waals surface area contributed by atoms with Gasteiger partial charge in [0.05, 0.1) is 11.9 Å². The van der Waals surface area contributed by atoms with E-state index in [9.17, 15) is 9.59 Å². The zero-order valence-electron chi connectivity index (χ0n) is 14.0. The van der Waals surface area contributed by atoms with E-state index in [1.807, 2.05) is 30.0 Å². The van der Waals surface area contributed by atoms with Gasteiger partial charge in [-0.1, -0.05) is 32.0 Å². The molecule has 0 saturated carbocycles. The van der Waals surface area contributed by atoms with Crippen LogP contribution in [-0.2, 0) is 15.0 Å². The summed E-state index contributed by atoms with van der Waals surface area (Å²) in [4.78, 5) is 27.7. The Balaban J connectivity index is 2.01. The van der Waals surface area contributed by atoms with Gasteiger partial charge >= 0.3 is 0 Å². The van der Waals surface area contributed by atoms with Crippen LogP contribution in [0.1, 0.15) is 37.0 Å². The molecule has 2 amide bonds. The summed E-state index contributed by atoms with van der Waals surface area (Å²) >= 11 is 0. The van der Waals surface area contributed by atoms with E-state index >= 15 is 0 Å². The van der Waals surface area contributed by atoms with E-state index in [0.717, 1.165) is 22.4 Å². The summed E-state index contributed by atoms with van der Waals surface area (Å²) in [5, 5.41) is 9.66. The molecule has 2 N–H and O–H groups in total. The second-order valence-corrected chi connectivity index (χ2v) is 7.07. The molecule has 124 valence electrons. The van der Waals surface area contributed by atoms with Crippen molar-refractivity contribution in [1.82, 2.24) is 10.2 Å². The highest BCUT2D eigenvalue weighted by atomic mass is 16.2. The SMILES string of the molecule is Cc1cccc2c1N(CC(C)C)C(=O)[C@]21CC(=O)Nc2[nH]ncc21. The fraction of sp³-hybridized carbons (Fsp3) is 0.389. The number of para-hydroxylation sites is 1. The molecule has 6 nitrogen and oxygen atoms in total. The largest absolute Gasteiger partial charge is 0.311 e. The van der Waals surface area contributed by atoms with Gasteiger partial charge in [-0.25, -0.2) is 0 Å². The van der Waals surface area contributed by atoms with Gasteiger partial charge in [-0.05, 0) is 24.0 Å². The molecule has 0 aliphatic carbocycles. The van der Waals surface area contributed by atoms with Crippen molar-refractivity contribution in [3.05, 3.63) is 41.1 Å². The summed E-state index contributed by atoms with van der Waals surface area (Å²) in [5.41, 5.74) is 2.68. The van der Waals surface area contributed by atoms with E-state index in [1.54, 1.807) is 6.20 Å². The normalized spacial score (nSPS) is 22.1. The number of rotatable bonds is 2. The predicted octanol–water partition coefficient (Wildman–Crippen LogP) is 2.35. The average molecular weight is 324 g/mol. The van der Waals surface area contributed by atoms with Gasteiger partial charge < -0.3 is 10.2 Å². The molecule has 1 atom stereocenters. The fourth-order valence-corrected chi connectivity index (χ4v) is 4.00. The highest BCUT2D eigenvalue weighted by molar-refractivity contribution is 6.16. The molecule has 4 rings (SSSR count). The van der Waals surface area contributed by atoms with Gasteiger partial charge in [-0.15, -0.1) is 0 Å². The highest BCUT2D eigenvalue weighted by Gasteiger charge is 2.56. The lowest BCUT2D eigenvalue weighted by molar-refractivity contribution is -0.126. The Labute approximate surface area is 140 Å². The van der Waals surface area contributed by atoms with Crippen molar-refractivity contribution in [1.29, 1.82) is 0 Å².